The Labute approximate surface area is 123 Å². The summed E-state index contributed by atoms with van der Waals surface area (Å²) in [5.74, 6) is 2.39. The van der Waals surface area contributed by atoms with E-state index in [-0.39, 0.29) is 6.61 Å². The molecule has 2 aromatic rings. The van der Waals surface area contributed by atoms with Gasteiger partial charge in [0.1, 0.15) is 11.5 Å². The minimum atomic E-state index is 0.125. The van der Waals surface area contributed by atoms with Crippen LogP contribution in [0.2, 0.25) is 0 Å². The van der Waals surface area contributed by atoms with Crippen molar-refractivity contribution in [3.8, 4) is 28.5 Å². The van der Waals surface area contributed by atoms with Crippen LogP contribution in [-0.4, -0.2) is 38.2 Å². The van der Waals surface area contributed by atoms with Gasteiger partial charge in [-0.15, -0.1) is 0 Å². The molecule has 0 aliphatic carbocycles. The van der Waals surface area contributed by atoms with E-state index in [0.29, 0.717) is 35.8 Å². The predicted molar refractivity (Wildman–Crippen MR) is 77.0 cm³/mol. The van der Waals surface area contributed by atoms with Crippen molar-refractivity contribution >= 4 is 0 Å². The summed E-state index contributed by atoms with van der Waals surface area (Å²) in [6.45, 7) is 0.125. The third-order valence-corrected chi connectivity index (χ3v) is 3.10. The van der Waals surface area contributed by atoms with Crippen LogP contribution in [0.3, 0.4) is 0 Å². The second-order valence-electron chi connectivity index (χ2n) is 4.42. The maximum Gasteiger partial charge on any atom is 0.203 e. The summed E-state index contributed by atoms with van der Waals surface area (Å²) in [7, 11) is 4.69. The Morgan fingerprint density at radius 1 is 1.05 bits per heavy atom. The minimum Gasteiger partial charge on any atom is -0.493 e. The molecule has 0 spiro atoms. The van der Waals surface area contributed by atoms with E-state index in [4.69, 9.17) is 23.8 Å². The van der Waals surface area contributed by atoms with Gasteiger partial charge in [-0.2, -0.15) is 0 Å². The number of aromatic nitrogens is 1. The fourth-order valence-electron chi connectivity index (χ4n) is 2.05. The van der Waals surface area contributed by atoms with E-state index in [2.05, 4.69) is 5.16 Å². The van der Waals surface area contributed by atoms with Gasteiger partial charge >= 0.3 is 0 Å². The van der Waals surface area contributed by atoms with Crippen LogP contribution < -0.4 is 14.2 Å². The van der Waals surface area contributed by atoms with E-state index in [1.165, 1.54) is 0 Å². The van der Waals surface area contributed by atoms with Crippen molar-refractivity contribution in [1.29, 1.82) is 0 Å². The number of methoxy groups -OCH3 is 3. The van der Waals surface area contributed by atoms with E-state index in [1.807, 2.05) is 18.2 Å². The van der Waals surface area contributed by atoms with Crippen molar-refractivity contribution in [3.63, 3.8) is 0 Å². The van der Waals surface area contributed by atoms with Crippen LogP contribution in [0.5, 0.6) is 17.2 Å². The van der Waals surface area contributed by atoms with Gasteiger partial charge < -0.3 is 23.8 Å². The highest BCUT2D eigenvalue weighted by molar-refractivity contribution is 5.68. The summed E-state index contributed by atoms with van der Waals surface area (Å²) in [6, 6.07) is 5.47. The molecule has 0 amide bonds. The Kier molecular flexibility index (Phi) is 5.05. The molecule has 0 bridgehead atoms. The molecule has 0 radical (unpaired) electrons. The number of aliphatic hydroxyl groups is 1. The maximum absolute atomic E-state index is 8.84. The monoisotopic (exact) mass is 293 g/mol. The predicted octanol–water partition coefficient (Wildman–Crippen LogP) is 2.29. The van der Waals surface area contributed by atoms with Crippen molar-refractivity contribution in [2.45, 2.75) is 12.8 Å². The number of benzene rings is 1. The molecule has 1 aromatic carbocycles. The summed E-state index contributed by atoms with van der Waals surface area (Å²) in [5, 5.41) is 12.9. The molecule has 0 unspecified atom stereocenters. The van der Waals surface area contributed by atoms with Gasteiger partial charge in [-0.1, -0.05) is 5.16 Å². The Balaban J connectivity index is 2.37. The van der Waals surface area contributed by atoms with Gasteiger partial charge in [0.2, 0.25) is 5.75 Å². The molecule has 1 aromatic heterocycles. The Bertz CT molecular complexity index is 568. The van der Waals surface area contributed by atoms with Gasteiger partial charge in [-0.3, -0.25) is 0 Å². The molecule has 2 rings (SSSR count). The van der Waals surface area contributed by atoms with E-state index >= 15 is 0 Å². The summed E-state index contributed by atoms with van der Waals surface area (Å²) >= 11 is 0. The number of hydrogen-bond acceptors (Lipinski definition) is 6. The molecule has 1 heterocycles. The van der Waals surface area contributed by atoms with Gasteiger partial charge in [0.25, 0.3) is 0 Å². The van der Waals surface area contributed by atoms with Crippen LogP contribution in [0.15, 0.2) is 22.7 Å². The molecule has 0 saturated carbocycles. The fourth-order valence-corrected chi connectivity index (χ4v) is 2.05. The van der Waals surface area contributed by atoms with Crippen molar-refractivity contribution < 1.29 is 23.8 Å². The smallest absolute Gasteiger partial charge is 0.203 e. The van der Waals surface area contributed by atoms with Crippen LogP contribution in [0.25, 0.3) is 11.3 Å². The first-order chi connectivity index (χ1) is 10.2. The molecular formula is C15H19NO5. The quantitative estimate of drug-likeness (QED) is 0.844. The van der Waals surface area contributed by atoms with Crippen LogP contribution in [0, 0.1) is 0 Å². The number of ether oxygens (including phenoxy) is 3. The van der Waals surface area contributed by atoms with Crippen LogP contribution >= 0.6 is 0 Å². The van der Waals surface area contributed by atoms with Gasteiger partial charge in [0.15, 0.2) is 11.5 Å². The van der Waals surface area contributed by atoms with Gasteiger partial charge in [-0.05, 0) is 18.6 Å². The van der Waals surface area contributed by atoms with E-state index < -0.39 is 0 Å². The third-order valence-electron chi connectivity index (χ3n) is 3.10. The molecule has 6 heteroatoms. The lowest BCUT2D eigenvalue weighted by Crippen LogP contribution is -1.95. The summed E-state index contributed by atoms with van der Waals surface area (Å²) in [6.07, 6.45) is 1.29. The van der Waals surface area contributed by atoms with Gasteiger partial charge in [-0.25, -0.2) is 0 Å². The number of aliphatic hydroxyl groups excluding tert-OH is 1. The number of rotatable bonds is 7. The molecule has 0 aliphatic heterocycles. The highest BCUT2D eigenvalue weighted by Gasteiger charge is 2.16. The SMILES string of the molecule is COc1cc(-c2cc(CCCO)on2)cc(OC)c1OC. The molecule has 6 nitrogen and oxygen atoms in total. The number of aryl methyl sites for hydroxylation is 1. The average Bonchev–Trinajstić information content (AvgIpc) is 3.00. The lowest BCUT2D eigenvalue weighted by molar-refractivity contribution is 0.280. The third kappa shape index (κ3) is 3.28. The molecule has 0 saturated heterocycles. The Morgan fingerprint density at radius 3 is 2.24 bits per heavy atom. The highest BCUT2D eigenvalue weighted by atomic mass is 16.5. The molecule has 21 heavy (non-hydrogen) atoms. The minimum absolute atomic E-state index is 0.125. The van der Waals surface area contributed by atoms with Crippen LogP contribution in [0.4, 0.5) is 0 Å². The Hall–Kier alpha value is -2.21. The molecule has 0 atom stereocenters. The summed E-state index contributed by atoms with van der Waals surface area (Å²) in [4.78, 5) is 0. The molecular weight excluding hydrogens is 274 g/mol. The highest BCUT2D eigenvalue weighted by Crippen LogP contribution is 2.40. The summed E-state index contributed by atoms with van der Waals surface area (Å²) in [5.41, 5.74) is 1.49. The van der Waals surface area contributed by atoms with Gasteiger partial charge in [0.05, 0.1) is 21.3 Å². The molecule has 0 fully saturated rings. The van der Waals surface area contributed by atoms with Crippen molar-refractivity contribution in [2.75, 3.05) is 27.9 Å². The zero-order valence-corrected chi connectivity index (χ0v) is 12.4. The number of hydrogen-bond donors (Lipinski definition) is 1. The second kappa shape index (κ2) is 6.99. The number of nitrogens with zero attached hydrogens (tertiary/aromatic N) is 1. The zero-order chi connectivity index (χ0) is 15.2. The first kappa shape index (κ1) is 15.2. The standard InChI is InChI=1S/C15H19NO5/c1-18-13-7-10(8-14(19-2)15(13)20-3)12-9-11(21-16-12)5-4-6-17/h7-9,17H,4-6H2,1-3H3. The van der Waals surface area contributed by atoms with E-state index in [1.54, 1.807) is 21.3 Å². The topological polar surface area (TPSA) is 74.0 Å². The first-order valence-electron chi connectivity index (χ1n) is 6.60. The largest absolute Gasteiger partial charge is 0.493 e. The normalized spacial score (nSPS) is 10.5. The second-order valence-corrected chi connectivity index (χ2v) is 4.42. The Morgan fingerprint density at radius 2 is 1.71 bits per heavy atom. The van der Waals surface area contributed by atoms with Crippen molar-refractivity contribution in [1.82, 2.24) is 5.16 Å². The lowest BCUT2D eigenvalue weighted by Gasteiger charge is -2.13. The zero-order valence-electron chi connectivity index (χ0n) is 12.4. The maximum atomic E-state index is 8.84. The lowest BCUT2D eigenvalue weighted by atomic mass is 10.1. The van der Waals surface area contributed by atoms with Crippen LogP contribution in [0.1, 0.15) is 12.2 Å². The van der Waals surface area contributed by atoms with Crippen molar-refractivity contribution in [3.05, 3.63) is 24.0 Å². The summed E-state index contributed by atoms with van der Waals surface area (Å²) < 4.78 is 21.2. The average molecular weight is 293 g/mol. The van der Waals surface area contributed by atoms with E-state index in [0.717, 1.165) is 11.3 Å². The molecule has 114 valence electrons. The van der Waals surface area contributed by atoms with Crippen molar-refractivity contribution in [2.24, 2.45) is 0 Å². The first-order valence-corrected chi connectivity index (χ1v) is 6.60. The molecule has 0 aliphatic rings. The molecule has 1 N–H and O–H groups in total. The van der Waals surface area contributed by atoms with E-state index in [9.17, 15) is 0 Å². The fraction of sp³-hybridized carbons (Fsp3) is 0.400. The van der Waals surface area contributed by atoms with Gasteiger partial charge in [0, 0.05) is 24.7 Å². The van der Waals surface area contributed by atoms with Crippen LogP contribution in [-0.2, 0) is 6.42 Å².